The Labute approximate surface area is 150 Å². The highest BCUT2D eigenvalue weighted by molar-refractivity contribution is 5.47. The summed E-state index contributed by atoms with van der Waals surface area (Å²) < 4.78 is 5.33. The fourth-order valence-electron chi connectivity index (χ4n) is 3.26. The third-order valence-corrected chi connectivity index (χ3v) is 4.77. The van der Waals surface area contributed by atoms with Crippen molar-refractivity contribution in [1.29, 1.82) is 0 Å². The first-order valence-electron chi connectivity index (χ1n) is 8.89. The van der Waals surface area contributed by atoms with E-state index in [4.69, 9.17) is 4.74 Å². The average molecular weight is 340 g/mol. The predicted molar refractivity (Wildman–Crippen MR) is 102 cm³/mol. The Balaban J connectivity index is 1.61. The quantitative estimate of drug-likeness (QED) is 0.875. The fourth-order valence-corrected chi connectivity index (χ4v) is 3.26. The largest absolute Gasteiger partial charge is 0.496 e. The molecule has 3 rings (SSSR count). The van der Waals surface area contributed by atoms with E-state index in [9.17, 15) is 0 Å². The van der Waals surface area contributed by atoms with Crippen molar-refractivity contribution in [2.24, 2.45) is 0 Å². The maximum atomic E-state index is 5.33. The van der Waals surface area contributed by atoms with Crippen molar-refractivity contribution in [1.82, 2.24) is 15.2 Å². The highest BCUT2D eigenvalue weighted by Gasteiger charge is 2.17. The van der Waals surface area contributed by atoms with E-state index in [1.54, 1.807) is 7.11 Å². The average Bonchev–Trinajstić information content (AvgIpc) is 2.63. The van der Waals surface area contributed by atoms with Crippen LogP contribution in [0.5, 0.6) is 5.75 Å². The summed E-state index contributed by atoms with van der Waals surface area (Å²) >= 11 is 0. The normalized spacial score (nSPS) is 15.4. The second-order valence-corrected chi connectivity index (χ2v) is 6.68. The number of aromatic nitrogens is 1. The highest BCUT2D eigenvalue weighted by atomic mass is 16.5. The Bertz CT molecular complexity index is 696. The zero-order chi connectivity index (χ0) is 17.6. The molecule has 0 aliphatic carbocycles. The van der Waals surface area contributed by atoms with Crippen molar-refractivity contribution >= 4 is 5.82 Å². The van der Waals surface area contributed by atoms with Crippen molar-refractivity contribution in [3.05, 3.63) is 53.2 Å². The van der Waals surface area contributed by atoms with Crippen LogP contribution >= 0.6 is 0 Å². The van der Waals surface area contributed by atoms with E-state index in [0.717, 1.165) is 50.8 Å². The van der Waals surface area contributed by atoms with Gasteiger partial charge >= 0.3 is 0 Å². The number of hydrogen-bond acceptors (Lipinski definition) is 5. The molecule has 0 radical (unpaired) electrons. The molecule has 1 aliphatic heterocycles. The maximum absolute atomic E-state index is 5.33. The van der Waals surface area contributed by atoms with E-state index in [1.807, 2.05) is 18.3 Å². The number of nitrogens with zero attached hydrogens (tertiary/aromatic N) is 3. The van der Waals surface area contributed by atoms with Crippen molar-refractivity contribution in [2.45, 2.75) is 20.0 Å². The summed E-state index contributed by atoms with van der Waals surface area (Å²) in [5.41, 5.74) is 3.70. The van der Waals surface area contributed by atoms with Crippen molar-refractivity contribution < 1.29 is 4.74 Å². The van der Waals surface area contributed by atoms with Gasteiger partial charge in [-0.05, 0) is 37.2 Å². The Hall–Kier alpha value is -2.11. The van der Waals surface area contributed by atoms with Crippen LogP contribution < -0.4 is 15.0 Å². The van der Waals surface area contributed by atoms with Crippen LogP contribution in [0.1, 0.15) is 16.7 Å². The number of nitrogens with one attached hydrogen (secondary N) is 1. The number of pyridine rings is 1. The smallest absolute Gasteiger partial charge is 0.133 e. The van der Waals surface area contributed by atoms with Crippen molar-refractivity contribution in [3.8, 4) is 5.75 Å². The lowest BCUT2D eigenvalue weighted by Gasteiger charge is -2.34. The molecular formula is C20H28N4O. The molecule has 0 saturated carbocycles. The standard InChI is InChI=1S/C20H28N4O/c1-16-13-17(6-7-19(16)25-3)14-21-15-18-5-4-8-22-20(18)24-11-9-23(2)10-12-24/h4-8,13,21H,9-12,14-15H2,1-3H3. The lowest BCUT2D eigenvalue weighted by atomic mass is 10.1. The van der Waals surface area contributed by atoms with Crippen LogP contribution in [0.3, 0.4) is 0 Å². The monoisotopic (exact) mass is 340 g/mol. The van der Waals surface area contributed by atoms with Crippen LogP contribution in [0.15, 0.2) is 36.5 Å². The van der Waals surface area contributed by atoms with E-state index in [-0.39, 0.29) is 0 Å². The molecule has 2 aromatic rings. The number of anilines is 1. The van der Waals surface area contributed by atoms with Gasteiger partial charge in [0.25, 0.3) is 0 Å². The number of piperazine rings is 1. The molecule has 1 saturated heterocycles. The van der Waals surface area contributed by atoms with Gasteiger partial charge in [-0.15, -0.1) is 0 Å². The maximum Gasteiger partial charge on any atom is 0.133 e. The molecule has 2 heterocycles. The third-order valence-electron chi connectivity index (χ3n) is 4.77. The number of benzene rings is 1. The first-order valence-corrected chi connectivity index (χ1v) is 8.89. The third kappa shape index (κ3) is 4.50. The van der Waals surface area contributed by atoms with Crippen LogP contribution in [-0.2, 0) is 13.1 Å². The number of methoxy groups -OCH3 is 1. The van der Waals surface area contributed by atoms with Gasteiger partial charge in [0.2, 0.25) is 0 Å². The van der Waals surface area contributed by atoms with E-state index in [2.05, 4.69) is 52.3 Å². The number of likely N-dealkylation sites (N-methyl/N-ethyl adjacent to an activating group) is 1. The highest BCUT2D eigenvalue weighted by Crippen LogP contribution is 2.20. The van der Waals surface area contributed by atoms with E-state index >= 15 is 0 Å². The number of aryl methyl sites for hydroxylation is 1. The minimum absolute atomic E-state index is 0.820. The molecule has 5 nitrogen and oxygen atoms in total. The SMILES string of the molecule is COc1ccc(CNCc2cccnc2N2CCN(C)CC2)cc1C. The zero-order valence-corrected chi connectivity index (χ0v) is 15.5. The van der Waals surface area contributed by atoms with Crippen LogP contribution in [0.2, 0.25) is 0 Å². The van der Waals surface area contributed by atoms with Gasteiger partial charge in [-0.2, -0.15) is 0 Å². The van der Waals surface area contributed by atoms with Crippen LogP contribution in [0.4, 0.5) is 5.82 Å². The summed E-state index contributed by atoms with van der Waals surface area (Å²) in [5, 5.41) is 3.55. The molecule has 1 N–H and O–H groups in total. The summed E-state index contributed by atoms with van der Waals surface area (Å²) in [5.74, 6) is 2.06. The van der Waals surface area contributed by atoms with Gasteiger partial charge in [-0.25, -0.2) is 4.98 Å². The van der Waals surface area contributed by atoms with Crippen molar-refractivity contribution in [2.75, 3.05) is 45.2 Å². The molecule has 134 valence electrons. The van der Waals surface area contributed by atoms with Gasteiger partial charge in [0.05, 0.1) is 7.11 Å². The number of hydrogen-bond donors (Lipinski definition) is 1. The molecule has 1 fully saturated rings. The molecule has 0 amide bonds. The molecule has 1 aromatic carbocycles. The second-order valence-electron chi connectivity index (χ2n) is 6.68. The summed E-state index contributed by atoms with van der Waals surface area (Å²) in [6, 6.07) is 10.5. The topological polar surface area (TPSA) is 40.6 Å². The van der Waals surface area contributed by atoms with Gasteiger partial charge in [0.15, 0.2) is 0 Å². The zero-order valence-electron chi connectivity index (χ0n) is 15.5. The Morgan fingerprint density at radius 1 is 1.12 bits per heavy atom. The molecular weight excluding hydrogens is 312 g/mol. The Morgan fingerprint density at radius 3 is 2.64 bits per heavy atom. The molecule has 0 spiro atoms. The van der Waals surface area contributed by atoms with Gasteiger partial charge < -0.3 is 19.9 Å². The van der Waals surface area contributed by atoms with Crippen LogP contribution in [0.25, 0.3) is 0 Å². The van der Waals surface area contributed by atoms with Gasteiger partial charge in [0, 0.05) is 51.0 Å². The Kier molecular flexibility index (Phi) is 5.89. The molecule has 5 heteroatoms. The minimum atomic E-state index is 0.820. The van der Waals surface area contributed by atoms with Gasteiger partial charge in [-0.1, -0.05) is 18.2 Å². The van der Waals surface area contributed by atoms with E-state index in [1.165, 1.54) is 16.7 Å². The van der Waals surface area contributed by atoms with Gasteiger partial charge in [0.1, 0.15) is 11.6 Å². The van der Waals surface area contributed by atoms with Crippen LogP contribution in [0, 0.1) is 6.92 Å². The lowest BCUT2D eigenvalue weighted by Crippen LogP contribution is -2.45. The number of rotatable bonds is 6. The molecule has 25 heavy (non-hydrogen) atoms. The van der Waals surface area contributed by atoms with Crippen molar-refractivity contribution in [3.63, 3.8) is 0 Å². The Morgan fingerprint density at radius 2 is 1.92 bits per heavy atom. The molecule has 0 unspecified atom stereocenters. The van der Waals surface area contributed by atoms with Gasteiger partial charge in [-0.3, -0.25) is 0 Å². The summed E-state index contributed by atoms with van der Waals surface area (Å²) in [6.07, 6.45) is 1.89. The summed E-state index contributed by atoms with van der Waals surface area (Å²) in [6.45, 7) is 8.00. The second kappa shape index (κ2) is 8.32. The molecule has 0 bridgehead atoms. The molecule has 1 aromatic heterocycles. The summed E-state index contributed by atoms with van der Waals surface area (Å²) in [4.78, 5) is 9.40. The first kappa shape index (κ1) is 17.7. The fraction of sp³-hybridized carbons (Fsp3) is 0.450. The van der Waals surface area contributed by atoms with E-state index in [0.29, 0.717) is 0 Å². The summed E-state index contributed by atoms with van der Waals surface area (Å²) in [7, 11) is 3.89. The molecule has 1 aliphatic rings. The first-order chi connectivity index (χ1) is 12.2. The van der Waals surface area contributed by atoms with Crippen LogP contribution in [-0.4, -0.2) is 50.2 Å². The lowest BCUT2D eigenvalue weighted by molar-refractivity contribution is 0.311. The molecule has 0 atom stereocenters. The minimum Gasteiger partial charge on any atom is -0.496 e. The number of ether oxygens (including phenoxy) is 1. The van der Waals surface area contributed by atoms with E-state index < -0.39 is 0 Å². The predicted octanol–water partition coefficient (Wildman–Crippen LogP) is 2.44.